The number of nitrogens with one attached hydrogen (secondary N) is 1. The van der Waals surface area contributed by atoms with E-state index >= 15 is 0 Å². The summed E-state index contributed by atoms with van der Waals surface area (Å²) in [6, 6.07) is 7.52. The highest BCUT2D eigenvalue weighted by molar-refractivity contribution is 7.89. The van der Waals surface area contributed by atoms with Crippen molar-refractivity contribution >= 4 is 10.0 Å². The third-order valence-corrected chi connectivity index (χ3v) is 5.17. The highest BCUT2D eigenvalue weighted by Crippen LogP contribution is 2.20. The number of unbranched alkanes of at least 4 members (excludes halogenated alkanes) is 1. The summed E-state index contributed by atoms with van der Waals surface area (Å²) in [5.41, 5.74) is 0. The molecule has 122 valence electrons. The number of hydrogen-bond donors (Lipinski definition) is 1. The molecular weight excluding hydrogens is 300 g/mol. The van der Waals surface area contributed by atoms with Gasteiger partial charge in [0.25, 0.3) is 0 Å². The highest BCUT2D eigenvalue weighted by Gasteiger charge is 2.25. The molecule has 2 atom stereocenters. The van der Waals surface area contributed by atoms with Crippen LogP contribution in [0, 0.1) is 17.2 Å². The molecule has 22 heavy (non-hydrogen) atoms. The average molecular weight is 324 g/mol. The van der Waals surface area contributed by atoms with E-state index in [-0.39, 0.29) is 10.8 Å². The quantitative estimate of drug-likeness (QED) is 0.757. The number of rotatable bonds is 9. The van der Waals surface area contributed by atoms with Gasteiger partial charge in [-0.2, -0.15) is 9.98 Å². The molecule has 0 aliphatic rings. The fourth-order valence-electron chi connectivity index (χ4n) is 2.29. The number of methoxy groups -OCH3 is 1. The SMILES string of the molecule is CCCCC(CC)C(C#N)NS(=O)(=O)c1ccc(OC)cc1. The fraction of sp³-hybridized carbons (Fsp3) is 0.562. The van der Waals surface area contributed by atoms with Gasteiger partial charge in [-0.15, -0.1) is 0 Å². The first kappa shape index (κ1) is 18.5. The summed E-state index contributed by atoms with van der Waals surface area (Å²) in [6.45, 7) is 4.06. The van der Waals surface area contributed by atoms with Crippen molar-refractivity contribution in [1.82, 2.24) is 4.72 Å². The highest BCUT2D eigenvalue weighted by atomic mass is 32.2. The molecule has 0 aliphatic carbocycles. The van der Waals surface area contributed by atoms with Crippen molar-refractivity contribution < 1.29 is 13.2 Å². The Bertz CT molecular complexity index is 591. The Morgan fingerprint density at radius 2 is 1.91 bits per heavy atom. The Morgan fingerprint density at radius 3 is 2.36 bits per heavy atom. The molecule has 0 aromatic heterocycles. The molecule has 0 fully saturated rings. The standard InChI is InChI=1S/C16H24N2O3S/c1-4-6-7-13(5-2)16(12-17)18-22(19,20)15-10-8-14(21-3)9-11-15/h8-11,13,16,18H,4-7H2,1-3H3. The lowest BCUT2D eigenvalue weighted by atomic mass is 9.93. The molecule has 5 nitrogen and oxygen atoms in total. The smallest absolute Gasteiger partial charge is 0.241 e. The summed E-state index contributed by atoms with van der Waals surface area (Å²) in [5, 5.41) is 9.32. The van der Waals surface area contributed by atoms with Crippen LogP contribution in [0.25, 0.3) is 0 Å². The van der Waals surface area contributed by atoms with Crippen LogP contribution in [0.15, 0.2) is 29.2 Å². The average Bonchev–Trinajstić information content (AvgIpc) is 2.54. The summed E-state index contributed by atoms with van der Waals surface area (Å²) in [7, 11) is -2.18. The molecule has 0 saturated carbocycles. The zero-order chi connectivity index (χ0) is 16.6. The second-order valence-corrected chi connectivity index (χ2v) is 6.93. The Labute approximate surface area is 133 Å². The Hall–Kier alpha value is -1.58. The minimum Gasteiger partial charge on any atom is -0.497 e. The van der Waals surface area contributed by atoms with Gasteiger partial charge in [-0.1, -0.05) is 33.1 Å². The van der Waals surface area contributed by atoms with Crippen LogP contribution in [-0.2, 0) is 10.0 Å². The number of benzene rings is 1. The molecule has 1 aromatic rings. The maximum absolute atomic E-state index is 12.4. The predicted molar refractivity (Wildman–Crippen MR) is 86.0 cm³/mol. The Balaban J connectivity index is 2.89. The molecule has 0 aliphatic heterocycles. The first-order valence-electron chi connectivity index (χ1n) is 7.54. The van der Waals surface area contributed by atoms with E-state index in [0.29, 0.717) is 5.75 Å². The molecule has 0 amide bonds. The van der Waals surface area contributed by atoms with E-state index in [0.717, 1.165) is 25.7 Å². The lowest BCUT2D eigenvalue weighted by Gasteiger charge is -2.21. The number of nitrogens with zero attached hydrogens (tertiary/aromatic N) is 1. The molecule has 1 N–H and O–H groups in total. The molecular formula is C16H24N2O3S. The van der Waals surface area contributed by atoms with Gasteiger partial charge in [0.2, 0.25) is 10.0 Å². The van der Waals surface area contributed by atoms with E-state index < -0.39 is 16.1 Å². The van der Waals surface area contributed by atoms with Crippen molar-refractivity contribution in [2.75, 3.05) is 7.11 Å². The zero-order valence-corrected chi connectivity index (χ0v) is 14.2. The molecule has 0 heterocycles. The Morgan fingerprint density at radius 1 is 1.27 bits per heavy atom. The van der Waals surface area contributed by atoms with Crippen LogP contribution in [0.4, 0.5) is 0 Å². The summed E-state index contributed by atoms with van der Waals surface area (Å²) < 4.78 is 32.3. The van der Waals surface area contributed by atoms with Crippen LogP contribution in [-0.4, -0.2) is 21.6 Å². The van der Waals surface area contributed by atoms with E-state index in [2.05, 4.69) is 17.7 Å². The zero-order valence-electron chi connectivity index (χ0n) is 13.4. The van der Waals surface area contributed by atoms with Crippen LogP contribution in [0.5, 0.6) is 5.75 Å². The summed E-state index contributed by atoms with van der Waals surface area (Å²) >= 11 is 0. The van der Waals surface area contributed by atoms with Gasteiger partial charge in [0.05, 0.1) is 18.1 Å². The second-order valence-electron chi connectivity index (χ2n) is 5.21. The maximum Gasteiger partial charge on any atom is 0.241 e. The van der Waals surface area contributed by atoms with E-state index in [1.165, 1.54) is 19.2 Å². The largest absolute Gasteiger partial charge is 0.497 e. The van der Waals surface area contributed by atoms with Crippen molar-refractivity contribution in [3.63, 3.8) is 0 Å². The van der Waals surface area contributed by atoms with Crippen molar-refractivity contribution in [2.45, 2.75) is 50.5 Å². The van der Waals surface area contributed by atoms with E-state index in [4.69, 9.17) is 4.74 Å². The second kappa shape index (κ2) is 8.76. The van der Waals surface area contributed by atoms with E-state index in [1.54, 1.807) is 12.1 Å². The normalized spacial score (nSPS) is 14.1. The van der Waals surface area contributed by atoms with Gasteiger partial charge in [0.1, 0.15) is 11.8 Å². The maximum atomic E-state index is 12.4. The topological polar surface area (TPSA) is 79.2 Å². The number of nitriles is 1. The third kappa shape index (κ3) is 5.00. The van der Waals surface area contributed by atoms with Crippen molar-refractivity contribution in [1.29, 1.82) is 5.26 Å². The molecule has 2 unspecified atom stereocenters. The van der Waals surface area contributed by atoms with Crippen LogP contribution < -0.4 is 9.46 Å². The van der Waals surface area contributed by atoms with Gasteiger partial charge >= 0.3 is 0 Å². The van der Waals surface area contributed by atoms with Gasteiger partial charge in [0.15, 0.2) is 0 Å². The minimum absolute atomic E-state index is 0.0259. The van der Waals surface area contributed by atoms with Gasteiger partial charge in [-0.3, -0.25) is 0 Å². The van der Waals surface area contributed by atoms with Gasteiger partial charge in [-0.05, 0) is 36.6 Å². The monoisotopic (exact) mass is 324 g/mol. The summed E-state index contributed by atoms with van der Waals surface area (Å²) in [4.78, 5) is 0.138. The minimum atomic E-state index is -3.70. The van der Waals surface area contributed by atoms with E-state index in [9.17, 15) is 13.7 Å². The lowest BCUT2D eigenvalue weighted by molar-refractivity contribution is 0.396. The van der Waals surface area contributed by atoms with Crippen LogP contribution >= 0.6 is 0 Å². The van der Waals surface area contributed by atoms with Crippen LogP contribution in [0.3, 0.4) is 0 Å². The number of sulfonamides is 1. The molecule has 1 aromatic carbocycles. The predicted octanol–water partition coefficient (Wildman–Crippen LogP) is 3.08. The number of ether oxygens (including phenoxy) is 1. The van der Waals surface area contributed by atoms with E-state index in [1.807, 2.05) is 6.92 Å². The van der Waals surface area contributed by atoms with Crippen molar-refractivity contribution in [3.8, 4) is 11.8 Å². The molecule has 0 bridgehead atoms. The van der Waals surface area contributed by atoms with Crippen LogP contribution in [0.2, 0.25) is 0 Å². The number of hydrogen-bond acceptors (Lipinski definition) is 4. The molecule has 6 heteroatoms. The summed E-state index contributed by atoms with van der Waals surface area (Å²) in [6.07, 6.45) is 3.63. The molecule has 0 spiro atoms. The fourth-order valence-corrected chi connectivity index (χ4v) is 3.50. The lowest BCUT2D eigenvalue weighted by Crippen LogP contribution is -2.39. The first-order chi connectivity index (χ1) is 10.5. The molecule has 0 radical (unpaired) electrons. The molecule has 1 rings (SSSR count). The van der Waals surface area contributed by atoms with Gasteiger partial charge in [-0.25, -0.2) is 8.42 Å². The van der Waals surface area contributed by atoms with Gasteiger partial charge in [0, 0.05) is 0 Å². The van der Waals surface area contributed by atoms with Crippen molar-refractivity contribution in [3.05, 3.63) is 24.3 Å². The molecule has 0 saturated heterocycles. The Kier molecular flexibility index (Phi) is 7.36. The van der Waals surface area contributed by atoms with Crippen LogP contribution in [0.1, 0.15) is 39.5 Å². The third-order valence-electron chi connectivity index (χ3n) is 3.72. The van der Waals surface area contributed by atoms with Gasteiger partial charge < -0.3 is 4.74 Å². The summed E-state index contributed by atoms with van der Waals surface area (Å²) in [5.74, 6) is 0.614. The first-order valence-corrected chi connectivity index (χ1v) is 9.02. The van der Waals surface area contributed by atoms with Crippen molar-refractivity contribution in [2.24, 2.45) is 5.92 Å².